The average molecular weight is 446 g/mol. The molecule has 2 amide bonds. The molecule has 0 aromatic heterocycles. The number of carbonyl (C=O) groups excluding carboxylic acids is 2. The van der Waals surface area contributed by atoms with E-state index in [1.54, 1.807) is 0 Å². The second-order valence-corrected chi connectivity index (χ2v) is 7.42. The van der Waals surface area contributed by atoms with E-state index >= 15 is 0 Å². The zero-order chi connectivity index (χ0) is 20.5. The summed E-state index contributed by atoms with van der Waals surface area (Å²) in [6.45, 7) is 5.79. The van der Waals surface area contributed by atoms with E-state index in [2.05, 4.69) is 31.8 Å². The van der Waals surface area contributed by atoms with Crippen molar-refractivity contribution in [3.8, 4) is 5.75 Å². The van der Waals surface area contributed by atoms with E-state index in [9.17, 15) is 9.59 Å². The number of benzene rings is 2. The molecule has 0 saturated carbocycles. The minimum Gasteiger partial charge on any atom is -0.490 e. The zero-order valence-electron chi connectivity index (χ0n) is 16.2. The van der Waals surface area contributed by atoms with Gasteiger partial charge in [0.15, 0.2) is 0 Å². The monoisotopic (exact) mass is 445 g/mol. The minimum absolute atomic E-state index is 0.0229. The molecule has 0 fully saturated rings. The number of amides is 2. The van der Waals surface area contributed by atoms with Gasteiger partial charge in [0.1, 0.15) is 5.75 Å². The smallest absolute Gasteiger partial charge is 0.240 e. The number of nitrogens with zero attached hydrogens (tertiary/aromatic N) is 1. The number of hydrogen-bond acceptors (Lipinski definition) is 4. The summed E-state index contributed by atoms with van der Waals surface area (Å²) >= 11 is 3.41. The van der Waals surface area contributed by atoms with Crippen LogP contribution in [-0.4, -0.2) is 24.1 Å². The van der Waals surface area contributed by atoms with E-state index in [4.69, 9.17) is 4.74 Å². The molecule has 0 saturated heterocycles. The summed E-state index contributed by atoms with van der Waals surface area (Å²) in [4.78, 5) is 23.9. The molecule has 0 aliphatic heterocycles. The van der Waals surface area contributed by atoms with E-state index in [-0.39, 0.29) is 30.8 Å². The number of carbonyl (C=O) groups is 2. The largest absolute Gasteiger partial charge is 0.490 e. The third-order valence-electron chi connectivity index (χ3n) is 3.73. The van der Waals surface area contributed by atoms with Gasteiger partial charge in [0.25, 0.3) is 0 Å². The quantitative estimate of drug-likeness (QED) is 0.466. The molecular weight excluding hydrogens is 422 g/mol. The molecule has 0 atom stereocenters. The van der Waals surface area contributed by atoms with E-state index in [1.165, 1.54) is 6.21 Å². The summed E-state index contributed by atoms with van der Waals surface area (Å²) in [5, 5.41) is 6.77. The maximum atomic E-state index is 12.0. The van der Waals surface area contributed by atoms with Crippen LogP contribution in [0.15, 0.2) is 52.0 Å². The lowest BCUT2D eigenvalue weighted by Gasteiger charge is -2.12. The molecule has 28 heavy (non-hydrogen) atoms. The molecule has 6 nitrogen and oxygen atoms in total. The predicted octanol–water partition coefficient (Wildman–Crippen LogP) is 4.41. The van der Waals surface area contributed by atoms with Crippen molar-refractivity contribution < 1.29 is 14.3 Å². The van der Waals surface area contributed by atoms with Gasteiger partial charge in [0.2, 0.25) is 11.8 Å². The Morgan fingerprint density at radius 2 is 1.86 bits per heavy atom. The highest BCUT2D eigenvalue weighted by molar-refractivity contribution is 9.10. The van der Waals surface area contributed by atoms with Crippen LogP contribution in [0, 0.1) is 6.92 Å². The van der Waals surface area contributed by atoms with Gasteiger partial charge in [-0.25, -0.2) is 5.43 Å². The first kappa shape index (κ1) is 21.6. The third kappa shape index (κ3) is 7.15. The van der Waals surface area contributed by atoms with Crippen molar-refractivity contribution in [3.05, 3.63) is 58.1 Å². The van der Waals surface area contributed by atoms with Gasteiger partial charge < -0.3 is 10.1 Å². The number of hydrogen-bond donors (Lipinski definition) is 2. The zero-order valence-corrected chi connectivity index (χ0v) is 17.7. The van der Waals surface area contributed by atoms with Crippen molar-refractivity contribution in [3.63, 3.8) is 0 Å². The molecule has 2 N–H and O–H groups in total. The van der Waals surface area contributed by atoms with Crippen molar-refractivity contribution in [2.45, 2.75) is 39.7 Å². The Hall–Kier alpha value is -2.67. The number of ether oxygens (including phenoxy) is 1. The number of rotatable bonds is 8. The van der Waals surface area contributed by atoms with E-state index in [0.29, 0.717) is 5.75 Å². The number of nitrogens with one attached hydrogen (secondary N) is 2. The van der Waals surface area contributed by atoms with Crippen LogP contribution >= 0.6 is 15.9 Å². The topological polar surface area (TPSA) is 79.8 Å². The summed E-state index contributed by atoms with van der Waals surface area (Å²) in [5.74, 6) is 0.124. The van der Waals surface area contributed by atoms with Crippen LogP contribution in [-0.2, 0) is 9.59 Å². The fourth-order valence-electron chi connectivity index (χ4n) is 2.36. The SMILES string of the molecule is Cc1ccccc1NC(=O)CCC(=O)NN=Cc1cc(Br)ccc1OC(C)C. The molecule has 2 rings (SSSR count). The Morgan fingerprint density at radius 1 is 1.14 bits per heavy atom. The molecule has 0 unspecified atom stereocenters. The fraction of sp³-hybridized carbons (Fsp3) is 0.286. The van der Waals surface area contributed by atoms with Crippen LogP contribution in [0.4, 0.5) is 5.69 Å². The second kappa shape index (κ2) is 10.6. The summed E-state index contributed by atoms with van der Waals surface area (Å²) in [6, 6.07) is 13.1. The van der Waals surface area contributed by atoms with Gasteiger partial charge in [-0.1, -0.05) is 34.1 Å². The molecule has 148 valence electrons. The highest BCUT2D eigenvalue weighted by Gasteiger charge is 2.08. The van der Waals surface area contributed by atoms with Crippen molar-refractivity contribution in [1.82, 2.24) is 5.43 Å². The number of aryl methyl sites for hydroxylation is 1. The lowest BCUT2D eigenvalue weighted by atomic mass is 10.2. The fourth-order valence-corrected chi connectivity index (χ4v) is 2.74. The molecule has 0 aliphatic carbocycles. The standard InChI is InChI=1S/C21H24BrN3O3/c1-14(2)28-19-9-8-17(22)12-16(19)13-23-25-21(27)11-10-20(26)24-18-7-5-4-6-15(18)3/h4-9,12-14H,10-11H2,1-3H3,(H,24,26)(H,25,27). The first-order valence-electron chi connectivity index (χ1n) is 8.98. The van der Waals surface area contributed by atoms with Crippen molar-refractivity contribution >= 4 is 39.6 Å². The van der Waals surface area contributed by atoms with Crippen LogP contribution < -0.4 is 15.5 Å². The van der Waals surface area contributed by atoms with Gasteiger partial charge in [-0.05, 0) is 50.6 Å². The highest BCUT2D eigenvalue weighted by atomic mass is 79.9. The number of hydrazone groups is 1. The van der Waals surface area contributed by atoms with Gasteiger partial charge in [-0.15, -0.1) is 0 Å². The summed E-state index contributed by atoms with van der Waals surface area (Å²) in [6.07, 6.45) is 1.67. The predicted molar refractivity (Wildman–Crippen MR) is 115 cm³/mol. The van der Waals surface area contributed by atoms with Crippen molar-refractivity contribution in [2.75, 3.05) is 5.32 Å². The molecular formula is C21H24BrN3O3. The van der Waals surface area contributed by atoms with E-state index in [0.717, 1.165) is 21.3 Å². The molecule has 7 heteroatoms. The molecule has 2 aromatic rings. The molecule has 2 aromatic carbocycles. The molecule has 0 aliphatic rings. The van der Waals surface area contributed by atoms with Crippen LogP contribution in [0.2, 0.25) is 0 Å². The first-order valence-corrected chi connectivity index (χ1v) is 9.78. The van der Waals surface area contributed by atoms with Gasteiger partial charge in [0.05, 0.1) is 12.3 Å². The Balaban J connectivity index is 1.84. The third-order valence-corrected chi connectivity index (χ3v) is 4.22. The Kier molecular flexibility index (Phi) is 8.19. The first-order chi connectivity index (χ1) is 13.3. The number of anilines is 1. The molecule has 0 bridgehead atoms. The van der Waals surface area contributed by atoms with Crippen molar-refractivity contribution in [2.24, 2.45) is 5.10 Å². The van der Waals surface area contributed by atoms with Gasteiger partial charge >= 0.3 is 0 Å². The molecule has 0 radical (unpaired) electrons. The summed E-state index contributed by atoms with van der Waals surface area (Å²) in [5.41, 5.74) is 4.90. The van der Waals surface area contributed by atoms with Crippen LogP contribution in [0.5, 0.6) is 5.75 Å². The van der Waals surface area contributed by atoms with Crippen LogP contribution in [0.1, 0.15) is 37.8 Å². The lowest BCUT2D eigenvalue weighted by Crippen LogP contribution is -2.21. The maximum absolute atomic E-state index is 12.0. The Bertz CT molecular complexity index is 866. The minimum atomic E-state index is -0.336. The van der Waals surface area contributed by atoms with E-state index in [1.807, 2.05) is 63.2 Å². The number of halogens is 1. The van der Waals surface area contributed by atoms with Gasteiger partial charge in [-0.2, -0.15) is 5.10 Å². The Morgan fingerprint density at radius 3 is 2.57 bits per heavy atom. The highest BCUT2D eigenvalue weighted by Crippen LogP contribution is 2.22. The van der Waals surface area contributed by atoms with Crippen molar-refractivity contribution in [1.29, 1.82) is 0 Å². The van der Waals surface area contributed by atoms with Gasteiger partial charge in [0, 0.05) is 28.6 Å². The molecule has 0 heterocycles. The summed E-state index contributed by atoms with van der Waals surface area (Å²) < 4.78 is 6.60. The number of para-hydroxylation sites is 1. The summed E-state index contributed by atoms with van der Waals surface area (Å²) in [7, 11) is 0. The maximum Gasteiger partial charge on any atom is 0.240 e. The van der Waals surface area contributed by atoms with Crippen LogP contribution in [0.3, 0.4) is 0 Å². The second-order valence-electron chi connectivity index (χ2n) is 6.51. The normalized spacial score (nSPS) is 10.9. The van der Waals surface area contributed by atoms with Gasteiger partial charge in [-0.3, -0.25) is 9.59 Å². The average Bonchev–Trinajstić information content (AvgIpc) is 2.64. The Labute approximate surface area is 173 Å². The lowest BCUT2D eigenvalue weighted by molar-refractivity contribution is -0.124. The van der Waals surface area contributed by atoms with Crippen LogP contribution in [0.25, 0.3) is 0 Å². The molecule has 0 spiro atoms. The van der Waals surface area contributed by atoms with E-state index < -0.39 is 0 Å².